The van der Waals surface area contributed by atoms with Gasteiger partial charge in [-0.25, -0.2) is 9.37 Å². The number of guanidine groups is 1. The molecule has 0 saturated heterocycles. The van der Waals surface area contributed by atoms with Crippen LogP contribution in [0.4, 0.5) is 10.2 Å². The fraction of sp³-hybridized carbons (Fsp3) is 0.429. The highest BCUT2D eigenvalue weighted by Gasteiger charge is 2.04. The SMILES string of the molecule is CCN(CC)c1ccc(CNC(=NC)NCCc2ccc(F)cc2C)cn1. The van der Waals surface area contributed by atoms with E-state index in [1.54, 1.807) is 13.1 Å². The Bertz CT molecular complexity index is 739. The first-order chi connectivity index (χ1) is 13.1. The van der Waals surface area contributed by atoms with Crippen molar-refractivity contribution in [2.24, 2.45) is 4.99 Å². The van der Waals surface area contributed by atoms with Crippen LogP contribution >= 0.6 is 0 Å². The first-order valence-electron chi connectivity index (χ1n) is 9.46. The molecule has 0 amide bonds. The summed E-state index contributed by atoms with van der Waals surface area (Å²) in [5.41, 5.74) is 3.21. The number of nitrogens with zero attached hydrogens (tertiary/aromatic N) is 3. The van der Waals surface area contributed by atoms with E-state index >= 15 is 0 Å². The van der Waals surface area contributed by atoms with Crippen LogP contribution in [0.5, 0.6) is 0 Å². The van der Waals surface area contributed by atoms with E-state index in [1.165, 1.54) is 6.07 Å². The van der Waals surface area contributed by atoms with Gasteiger partial charge >= 0.3 is 0 Å². The minimum Gasteiger partial charge on any atom is -0.357 e. The smallest absolute Gasteiger partial charge is 0.191 e. The van der Waals surface area contributed by atoms with E-state index in [2.05, 4.69) is 51.5 Å². The maximum Gasteiger partial charge on any atom is 0.191 e. The Hall–Kier alpha value is -2.63. The van der Waals surface area contributed by atoms with Gasteiger partial charge in [0, 0.05) is 39.4 Å². The molecule has 0 fully saturated rings. The van der Waals surface area contributed by atoms with Crippen molar-refractivity contribution in [2.45, 2.75) is 33.7 Å². The molecule has 2 N–H and O–H groups in total. The monoisotopic (exact) mass is 371 g/mol. The standard InChI is InChI=1S/C21H30FN5/c1-5-27(6-2)20-10-7-17(14-25-20)15-26-21(23-4)24-12-11-18-8-9-19(22)13-16(18)3/h7-10,13-14H,5-6,11-12,15H2,1-4H3,(H2,23,24,26). The van der Waals surface area contributed by atoms with Crippen LogP contribution in [0.25, 0.3) is 0 Å². The number of halogens is 1. The fourth-order valence-electron chi connectivity index (χ4n) is 2.92. The molecule has 1 heterocycles. The number of aryl methyl sites for hydroxylation is 1. The summed E-state index contributed by atoms with van der Waals surface area (Å²) in [6, 6.07) is 9.05. The Morgan fingerprint density at radius 2 is 1.93 bits per heavy atom. The van der Waals surface area contributed by atoms with E-state index in [0.29, 0.717) is 6.54 Å². The summed E-state index contributed by atoms with van der Waals surface area (Å²) >= 11 is 0. The molecule has 1 aromatic carbocycles. The summed E-state index contributed by atoms with van der Waals surface area (Å²) in [5, 5.41) is 6.59. The Balaban J connectivity index is 1.81. The van der Waals surface area contributed by atoms with Crippen LogP contribution in [-0.2, 0) is 13.0 Å². The van der Waals surface area contributed by atoms with E-state index in [0.717, 1.165) is 54.5 Å². The van der Waals surface area contributed by atoms with Gasteiger partial charge in [-0.15, -0.1) is 0 Å². The largest absolute Gasteiger partial charge is 0.357 e. The van der Waals surface area contributed by atoms with Gasteiger partial charge < -0.3 is 15.5 Å². The lowest BCUT2D eigenvalue weighted by Gasteiger charge is -2.19. The van der Waals surface area contributed by atoms with Gasteiger partial charge in [0.1, 0.15) is 11.6 Å². The predicted octanol–water partition coefficient (Wildman–Crippen LogP) is 3.28. The lowest BCUT2D eigenvalue weighted by atomic mass is 10.1. The minimum absolute atomic E-state index is 0.192. The third-order valence-electron chi connectivity index (χ3n) is 4.57. The van der Waals surface area contributed by atoms with E-state index in [-0.39, 0.29) is 5.82 Å². The van der Waals surface area contributed by atoms with E-state index in [4.69, 9.17) is 0 Å². The molecule has 5 nitrogen and oxygen atoms in total. The summed E-state index contributed by atoms with van der Waals surface area (Å²) in [4.78, 5) is 11.0. The Morgan fingerprint density at radius 3 is 2.52 bits per heavy atom. The lowest BCUT2D eigenvalue weighted by Crippen LogP contribution is -2.38. The molecule has 2 aromatic rings. The Kier molecular flexibility index (Phi) is 8.04. The summed E-state index contributed by atoms with van der Waals surface area (Å²) in [7, 11) is 1.75. The summed E-state index contributed by atoms with van der Waals surface area (Å²) < 4.78 is 13.2. The molecule has 1 aromatic heterocycles. The highest BCUT2D eigenvalue weighted by atomic mass is 19.1. The van der Waals surface area contributed by atoms with Crippen LogP contribution in [0.2, 0.25) is 0 Å². The number of aliphatic imine (C=N–C) groups is 1. The Labute approximate surface area is 161 Å². The molecule has 0 radical (unpaired) electrons. The molecule has 0 bridgehead atoms. The number of rotatable bonds is 8. The highest BCUT2D eigenvalue weighted by molar-refractivity contribution is 5.79. The average Bonchev–Trinajstić information content (AvgIpc) is 2.68. The van der Waals surface area contributed by atoms with Crippen LogP contribution in [-0.4, -0.2) is 37.6 Å². The van der Waals surface area contributed by atoms with Crippen molar-refractivity contribution in [3.8, 4) is 0 Å². The lowest BCUT2D eigenvalue weighted by molar-refractivity contribution is 0.625. The number of hydrogen-bond acceptors (Lipinski definition) is 3. The highest BCUT2D eigenvalue weighted by Crippen LogP contribution is 2.11. The molecule has 0 aliphatic heterocycles. The molecule has 0 atom stereocenters. The van der Waals surface area contributed by atoms with Gasteiger partial charge in [0.05, 0.1) is 0 Å². The van der Waals surface area contributed by atoms with E-state index < -0.39 is 0 Å². The zero-order valence-corrected chi connectivity index (χ0v) is 16.7. The second-order valence-corrected chi connectivity index (χ2v) is 6.37. The molecule has 6 heteroatoms. The van der Waals surface area contributed by atoms with Gasteiger partial charge in [0.2, 0.25) is 0 Å². The van der Waals surface area contributed by atoms with E-state index in [9.17, 15) is 4.39 Å². The van der Waals surface area contributed by atoms with Crippen LogP contribution in [0.15, 0.2) is 41.5 Å². The second-order valence-electron chi connectivity index (χ2n) is 6.37. The second kappa shape index (κ2) is 10.5. The normalized spacial score (nSPS) is 11.4. The predicted molar refractivity (Wildman–Crippen MR) is 111 cm³/mol. The molecule has 0 unspecified atom stereocenters. The topological polar surface area (TPSA) is 52.5 Å². The van der Waals surface area contributed by atoms with Crippen molar-refractivity contribution in [2.75, 3.05) is 31.6 Å². The molecular formula is C21H30FN5. The molecular weight excluding hydrogens is 341 g/mol. The van der Waals surface area contributed by atoms with Crippen LogP contribution < -0.4 is 15.5 Å². The maximum atomic E-state index is 13.2. The van der Waals surface area contributed by atoms with Gasteiger partial charge in [-0.05, 0) is 62.1 Å². The van der Waals surface area contributed by atoms with Gasteiger partial charge in [-0.3, -0.25) is 4.99 Å². The zero-order valence-electron chi connectivity index (χ0n) is 16.7. The van der Waals surface area contributed by atoms with Crippen molar-refractivity contribution in [3.63, 3.8) is 0 Å². The number of pyridine rings is 1. The van der Waals surface area contributed by atoms with Crippen molar-refractivity contribution >= 4 is 11.8 Å². The van der Waals surface area contributed by atoms with Crippen molar-refractivity contribution < 1.29 is 4.39 Å². The molecule has 146 valence electrons. The molecule has 0 saturated carbocycles. The Morgan fingerprint density at radius 1 is 1.15 bits per heavy atom. The summed E-state index contributed by atoms with van der Waals surface area (Å²) in [6.45, 7) is 9.47. The quantitative estimate of drug-likeness (QED) is 0.552. The number of aromatic nitrogens is 1. The van der Waals surface area contributed by atoms with Crippen molar-refractivity contribution in [3.05, 3.63) is 59.0 Å². The fourth-order valence-corrected chi connectivity index (χ4v) is 2.92. The number of anilines is 1. The van der Waals surface area contributed by atoms with Crippen LogP contribution in [0, 0.1) is 12.7 Å². The number of benzene rings is 1. The zero-order chi connectivity index (χ0) is 19.6. The van der Waals surface area contributed by atoms with Gasteiger partial charge in [-0.1, -0.05) is 12.1 Å². The van der Waals surface area contributed by atoms with Gasteiger partial charge in [0.25, 0.3) is 0 Å². The number of nitrogens with one attached hydrogen (secondary N) is 2. The van der Waals surface area contributed by atoms with Crippen molar-refractivity contribution in [1.29, 1.82) is 0 Å². The molecule has 0 spiro atoms. The van der Waals surface area contributed by atoms with Crippen LogP contribution in [0.3, 0.4) is 0 Å². The van der Waals surface area contributed by atoms with Crippen LogP contribution in [0.1, 0.15) is 30.5 Å². The van der Waals surface area contributed by atoms with E-state index in [1.807, 2.05) is 19.2 Å². The molecule has 0 aliphatic rings. The first-order valence-corrected chi connectivity index (χ1v) is 9.46. The third-order valence-corrected chi connectivity index (χ3v) is 4.57. The average molecular weight is 372 g/mol. The third kappa shape index (κ3) is 6.24. The van der Waals surface area contributed by atoms with Gasteiger partial charge in [-0.2, -0.15) is 0 Å². The summed E-state index contributed by atoms with van der Waals surface area (Å²) in [6.07, 6.45) is 2.71. The first kappa shape index (κ1) is 20.7. The molecule has 0 aliphatic carbocycles. The summed E-state index contributed by atoms with van der Waals surface area (Å²) in [5.74, 6) is 1.55. The van der Waals surface area contributed by atoms with Crippen molar-refractivity contribution in [1.82, 2.24) is 15.6 Å². The maximum absolute atomic E-state index is 13.2. The van der Waals surface area contributed by atoms with Gasteiger partial charge in [0.15, 0.2) is 5.96 Å². The minimum atomic E-state index is -0.192. The molecule has 2 rings (SSSR count). The molecule has 27 heavy (non-hydrogen) atoms. The number of hydrogen-bond donors (Lipinski definition) is 2.